The first kappa shape index (κ1) is 17.7. The molecule has 0 N–H and O–H groups in total. The summed E-state index contributed by atoms with van der Waals surface area (Å²) in [6, 6.07) is 16.1. The van der Waals surface area contributed by atoms with E-state index in [0.717, 1.165) is 18.4 Å². The van der Waals surface area contributed by atoms with Crippen molar-refractivity contribution < 1.29 is 9.47 Å². The van der Waals surface area contributed by atoms with Crippen molar-refractivity contribution in [2.45, 2.75) is 18.9 Å². The minimum Gasteiger partial charge on any atom is -0.484 e. The average molecular weight is 369 g/mol. The summed E-state index contributed by atoms with van der Waals surface area (Å²) in [6.45, 7) is 0. The van der Waals surface area contributed by atoms with Crippen LogP contribution in [0.5, 0.6) is 11.6 Å². The number of aromatic nitrogens is 2. The zero-order valence-corrected chi connectivity index (χ0v) is 15.5. The van der Waals surface area contributed by atoms with Gasteiger partial charge in [0.05, 0.1) is 18.8 Å². The van der Waals surface area contributed by atoms with Crippen LogP contribution in [-0.4, -0.2) is 23.2 Å². The fraction of sp³-hybridized carbons (Fsp3) is 0.174. The number of ether oxygens (including phenoxy) is 2. The molecular formula is C23H19N3O2. The lowest BCUT2D eigenvalue weighted by Crippen LogP contribution is -2.17. The number of methoxy groups -OCH3 is 1. The van der Waals surface area contributed by atoms with E-state index in [9.17, 15) is 5.26 Å². The molecule has 3 aromatic rings. The van der Waals surface area contributed by atoms with Crippen molar-refractivity contribution in [3.8, 4) is 17.7 Å². The van der Waals surface area contributed by atoms with E-state index in [0.29, 0.717) is 22.8 Å². The Balaban J connectivity index is 1.61. The molecule has 0 aliphatic heterocycles. The fourth-order valence-corrected chi connectivity index (χ4v) is 3.40. The van der Waals surface area contributed by atoms with Crippen LogP contribution in [0.3, 0.4) is 0 Å². The second-order valence-electron chi connectivity index (χ2n) is 6.60. The lowest BCUT2D eigenvalue weighted by Gasteiger charge is -2.16. The number of hydrogen-bond acceptors (Lipinski definition) is 5. The van der Waals surface area contributed by atoms with E-state index in [1.165, 1.54) is 11.1 Å². The van der Waals surface area contributed by atoms with Crippen LogP contribution < -0.4 is 9.47 Å². The molecule has 1 aromatic carbocycles. The lowest BCUT2D eigenvalue weighted by molar-refractivity contribution is 0.202. The van der Waals surface area contributed by atoms with Gasteiger partial charge in [0, 0.05) is 37.0 Å². The van der Waals surface area contributed by atoms with Crippen molar-refractivity contribution in [1.82, 2.24) is 9.97 Å². The van der Waals surface area contributed by atoms with Gasteiger partial charge in [0.25, 0.3) is 5.88 Å². The van der Waals surface area contributed by atoms with E-state index in [2.05, 4.69) is 28.2 Å². The molecule has 138 valence electrons. The molecule has 0 bridgehead atoms. The summed E-state index contributed by atoms with van der Waals surface area (Å²) in [6.07, 6.45) is 8.55. The van der Waals surface area contributed by atoms with Crippen molar-refractivity contribution in [2.24, 2.45) is 0 Å². The summed E-state index contributed by atoms with van der Waals surface area (Å²) in [7, 11) is 1.57. The average Bonchev–Trinajstić information content (AvgIpc) is 3.15. The Bertz CT molecular complexity index is 1030. The van der Waals surface area contributed by atoms with Gasteiger partial charge < -0.3 is 9.47 Å². The van der Waals surface area contributed by atoms with Crippen LogP contribution in [0.4, 0.5) is 0 Å². The Morgan fingerprint density at radius 1 is 1.14 bits per heavy atom. The molecule has 0 saturated heterocycles. The van der Waals surface area contributed by atoms with Crippen LogP contribution in [0.25, 0.3) is 11.6 Å². The molecule has 0 atom stereocenters. The number of hydrogen-bond donors (Lipinski definition) is 0. The predicted molar refractivity (Wildman–Crippen MR) is 107 cm³/mol. The summed E-state index contributed by atoms with van der Waals surface area (Å²) in [4.78, 5) is 8.35. The zero-order valence-electron chi connectivity index (χ0n) is 15.5. The van der Waals surface area contributed by atoms with Gasteiger partial charge in [-0.15, -0.1) is 0 Å². The molecule has 0 spiro atoms. The maximum absolute atomic E-state index is 9.63. The first-order valence-electron chi connectivity index (χ1n) is 9.06. The largest absolute Gasteiger partial charge is 0.484 e. The highest BCUT2D eigenvalue weighted by Gasteiger charge is 2.24. The molecule has 2 aromatic heterocycles. The minimum absolute atomic E-state index is 0.0260. The van der Waals surface area contributed by atoms with Crippen molar-refractivity contribution >= 4 is 11.6 Å². The van der Waals surface area contributed by atoms with Crippen LogP contribution in [0.15, 0.2) is 61.1 Å². The third-order valence-corrected chi connectivity index (χ3v) is 4.77. The highest BCUT2D eigenvalue weighted by molar-refractivity contribution is 5.89. The molecule has 5 nitrogen and oxygen atoms in total. The maximum Gasteiger partial charge on any atom is 0.256 e. The van der Waals surface area contributed by atoms with E-state index >= 15 is 0 Å². The van der Waals surface area contributed by atoms with E-state index in [4.69, 9.17) is 9.47 Å². The monoisotopic (exact) mass is 369 g/mol. The summed E-state index contributed by atoms with van der Waals surface area (Å²) in [5, 5.41) is 9.63. The van der Waals surface area contributed by atoms with Crippen molar-refractivity contribution in [3.63, 3.8) is 0 Å². The molecule has 0 saturated carbocycles. The predicted octanol–water partition coefficient (Wildman–Crippen LogP) is 4.10. The topological polar surface area (TPSA) is 68.0 Å². The maximum atomic E-state index is 9.63. The Hall–Kier alpha value is -3.65. The van der Waals surface area contributed by atoms with Crippen LogP contribution in [0.2, 0.25) is 0 Å². The molecule has 0 radical (unpaired) electrons. The van der Waals surface area contributed by atoms with Crippen LogP contribution in [-0.2, 0) is 12.8 Å². The number of fused-ring (bicyclic) bond motifs is 1. The molecule has 0 fully saturated rings. The number of allylic oxidation sites excluding steroid dienone is 1. The van der Waals surface area contributed by atoms with Gasteiger partial charge in [-0.05, 0) is 41.0 Å². The van der Waals surface area contributed by atoms with E-state index in [1.807, 2.05) is 30.3 Å². The van der Waals surface area contributed by atoms with E-state index in [-0.39, 0.29) is 6.10 Å². The number of rotatable bonds is 5. The van der Waals surface area contributed by atoms with Crippen molar-refractivity contribution in [3.05, 3.63) is 83.3 Å². The molecule has 2 heterocycles. The first-order chi connectivity index (χ1) is 13.8. The molecule has 28 heavy (non-hydrogen) atoms. The smallest absolute Gasteiger partial charge is 0.256 e. The normalized spacial score (nSPS) is 13.6. The number of nitriles is 1. The van der Waals surface area contributed by atoms with Gasteiger partial charge in [0.15, 0.2) is 5.75 Å². The third kappa shape index (κ3) is 3.72. The molecule has 5 heteroatoms. The van der Waals surface area contributed by atoms with Gasteiger partial charge in [-0.25, -0.2) is 4.98 Å². The van der Waals surface area contributed by atoms with Crippen molar-refractivity contribution in [2.75, 3.05) is 7.11 Å². The summed E-state index contributed by atoms with van der Waals surface area (Å²) in [5.41, 5.74) is 4.71. The highest BCUT2D eigenvalue weighted by Crippen LogP contribution is 2.32. The number of nitrogens with zero attached hydrogens (tertiary/aromatic N) is 3. The Morgan fingerprint density at radius 2 is 1.86 bits per heavy atom. The zero-order chi connectivity index (χ0) is 19.3. The van der Waals surface area contributed by atoms with Crippen LogP contribution in [0, 0.1) is 11.3 Å². The number of pyridine rings is 2. The quantitative estimate of drug-likeness (QED) is 0.634. The minimum atomic E-state index is 0.0260. The van der Waals surface area contributed by atoms with Gasteiger partial charge in [0.1, 0.15) is 6.10 Å². The molecular weight excluding hydrogens is 350 g/mol. The van der Waals surface area contributed by atoms with Gasteiger partial charge in [-0.2, -0.15) is 5.26 Å². The van der Waals surface area contributed by atoms with Crippen LogP contribution >= 0.6 is 0 Å². The van der Waals surface area contributed by atoms with E-state index in [1.54, 1.807) is 31.8 Å². The SMILES string of the molecule is COc1ncc(/C(C#N)=C/c2ccncc2)cc1OC1Cc2ccccc2C1. The molecule has 1 aliphatic carbocycles. The third-order valence-electron chi connectivity index (χ3n) is 4.77. The Kier molecular flexibility index (Phi) is 5.03. The van der Waals surface area contributed by atoms with Gasteiger partial charge >= 0.3 is 0 Å². The van der Waals surface area contributed by atoms with Crippen LogP contribution in [0.1, 0.15) is 22.3 Å². The molecule has 0 unspecified atom stereocenters. The van der Waals surface area contributed by atoms with E-state index < -0.39 is 0 Å². The highest BCUT2D eigenvalue weighted by atomic mass is 16.5. The van der Waals surface area contributed by atoms with Crippen molar-refractivity contribution in [1.29, 1.82) is 5.26 Å². The number of benzene rings is 1. The Labute approximate surface area is 163 Å². The fourth-order valence-electron chi connectivity index (χ4n) is 3.40. The van der Waals surface area contributed by atoms with Gasteiger partial charge in [0.2, 0.25) is 0 Å². The molecule has 1 aliphatic rings. The van der Waals surface area contributed by atoms with Gasteiger partial charge in [-0.3, -0.25) is 4.98 Å². The second-order valence-corrected chi connectivity index (χ2v) is 6.60. The second kappa shape index (κ2) is 7.93. The lowest BCUT2D eigenvalue weighted by atomic mass is 10.1. The Morgan fingerprint density at radius 3 is 2.50 bits per heavy atom. The summed E-state index contributed by atoms with van der Waals surface area (Å²) >= 11 is 0. The molecule has 4 rings (SSSR count). The molecule has 0 amide bonds. The summed E-state index contributed by atoms with van der Waals surface area (Å²) in [5.74, 6) is 0.967. The first-order valence-corrected chi connectivity index (χ1v) is 9.06. The van der Waals surface area contributed by atoms with Gasteiger partial charge in [-0.1, -0.05) is 24.3 Å². The standard InChI is InChI=1S/C23H19N3O2/c1-27-23-22(28-21-11-17-4-2-3-5-18(17)12-21)13-20(15-26-23)19(14-24)10-16-6-8-25-9-7-16/h2-10,13,15,21H,11-12H2,1H3/b19-10+. The summed E-state index contributed by atoms with van der Waals surface area (Å²) < 4.78 is 11.6.